The topological polar surface area (TPSA) is 64.3 Å². The number of nitrogens with one attached hydrogen (secondary N) is 1. The van der Waals surface area contributed by atoms with Gasteiger partial charge in [-0.25, -0.2) is 0 Å². The van der Waals surface area contributed by atoms with E-state index in [1.54, 1.807) is 0 Å². The lowest BCUT2D eigenvalue weighted by Gasteiger charge is -2.28. The summed E-state index contributed by atoms with van der Waals surface area (Å²) in [5.74, 6) is -0.191. The number of carbonyl (C=O) groups excluding carboxylic acids is 1. The Morgan fingerprint density at radius 3 is 2.45 bits per heavy atom. The molecule has 0 saturated carbocycles. The first kappa shape index (κ1) is 19.4. The average Bonchev–Trinajstić information content (AvgIpc) is 2.31. The van der Waals surface area contributed by atoms with Crippen LogP contribution in [0.25, 0.3) is 0 Å². The SMILES string of the molecule is COCC(N)C(=O)NC(C)(C)Cc1ccc(Br)cc1.Cl. The van der Waals surface area contributed by atoms with E-state index in [0.717, 1.165) is 16.5 Å². The van der Waals surface area contributed by atoms with Crippen molar-refractivity contribution >= 4 is 34.2 Å². The maximum atomic E-state index is 11.9. The van der Waals surface area contributed by atoms with Gasteiger partial charge in [0.25, 0.3) is 0 Å². The Hall–Kier alpha value is -0.620. The summed E-state index contributed by atoms with van der Waals surface area (Å²) in [7, 11) is 1.53. The molecule has 0 aromatic heterocycles. The van der Waals surface area contributed by atoms with Gasteiger partial charge in [0.15, 0.2) is 0 Å². The first-order valence-corrected chi connectivity index (χ1v) is 6.94. The Balaban J connectivity index is 0.00000361. The van der Waals surface area contributed by atoms with E-state index in [0.29, 0.717) is 0 Å². The molecule has 0 aliphatic rings. The second kappa shape index (κ2) is 8.62. The molecule has 1 rings (SSSR count). The van der Waals surface area contributed by atoms with E-state index in [4.69, 9.17) is 10.5 Å². The summed E-state index contributed by atoms with van der Waals surface area (Å²) < 4.78 is 5.92. The van der Waals surface area contributed by atoms with Gasteiger partial charge in [0.2, 0.25) is 5.91 Å². The summed E-state index contributed by atoms with van der Waals surface area (Å²) in [6, 6.07) is 7.42. The van der Waals surface area contributed by atoms with Crippen LogP contribution in [0.1, 0.15) is 19.4 Å². The van der Waals surface area contributed by atoms with Crippen molar-refractivity contribution < 1.29 is 9.53 Å². The van der Waals surface area contributed by atoms with Gasteiger partial charge in [0.1, 0.15) is 6.04 Å². The van der Waals surface area contributed by atoms with Gasteiger partial charge in [0, 0.05) is 17.1 Å². The average molecular weight is 366 g/mol. The van der Waals surface area contributed by atoms with E-state index in [1.807, 2.05) is 38.1 Å². The van der Waals surface area contributed by atoms with Crippen molar-refractivity contribution in [3.05, 3.63) is 34.3 Å². The molecule has 114 valence electrons. The van der Waals surface area contributed by atoms with Gasteiger partial charge in [-0.2, -0.15) is 0 Å². The van der Waals surface area contributed by atoms with Gasteiger partial charge in [0.05, 0.1) is 6.61 Å². The summed E-state index contributed by atoms with van der Waals surface area (Å²) >= 11 is 3.40. The first-order chi connectivity index (χ1) is 8.84. The predicted octanol–water partition coefficient (Wildman–Crippen LogP) is 2.28. The highest BCUT2D eigenvalue weighted by atomic mass is 79.9. The molecule has 0 aliphatic carbocycles. The Labute approximate surface area is 135 Å². The molecule has 1 unspecified atom stereocenters. The van der Waals surface area contributed by atoms with Crippen molar-refractivity contribution in [1.82, 2.24) is 5.32 Å². The summed E-state index contributed by atoms with van der Waals surface area (Å²) in [5.41, 5.74) is 6.51. The number of hydrogen-bond acceptors (Lipinski definition) is 3. The fraction of sp³-hybridized carbons (Fsp3) is 0.500. The van der Waals surface area contributed by atoms with Crippen LogP contribution in [0.2, 0.25) is 0 Å². The van der Waals surface area contributed by atoms with E-state index >= 15 is 0 Å². The van der Waals surface area contributed by atoms with Crippen molar-refractivity contribution in [1.29, 1.82) is 0 Å². The van der Waals surface area contributed by atoms with Crippen molar-refractivity contribution in [2.45, 2.75) is 31.8 Å². The lowest BCUT2D eigenvalue weighted by molar-refractivity contribution is -0.125. The van der Waals surface area contributed by atoms with Crippen LogP contribution in [0.3, 0.4) is 0 Å². The van der Waals surface area contributed by atoms with Gasteiger partial charge >= 0.3 is 0 Å². The van der Waals surface area contributed by atoms with Crippen LogP contribution in [0.15, 0.2) is 28.7 Å². The molecule has 6 heteroatoms. The van der Waals surface area contributed by atoms with Crippen molar-refractivity contribution in [3.8, 4) is 0 Å². The Bertz CT molecular complexity index is 424. The molecule has 0 bridgehead atoms. The number of benzene rings is 1. The molecule has 1 atom stereocenters. The van der Waals surface area contributed by atoms with E-state index in [-0.39, 0.29) is 30.5 Å². The number of ether oxygens (including phenoxy) is 1. The minimum atomic E-state index is -0.630. The Kier molecular flexibility index (Phi) is 8.35. The highest BCUT2D eigenvalue weighted by molar-refractivity contribution is 9.10. The minimum absolute atomic E-state index is 0. The molecule has 20 heavy (non-hydrogen) atoms. The maximum absolute atomic E-state index is 11.9. The van der Waals surface area contributed by atoms with Crippen LogP contribution < -0.4 is 11.1 Å². The third-order valence-electron chi connectivity index (χ3n) is 2.70. The van der Waals surface area contributed by atoms with E-state index in [9.17, 15) is 4.79 Å². The zero-order valence-corrected chi connectivity index (χ0v) is 14.4. The minimum Gasteiger partial charge on any atom is -0.383 e. The van der Waals surface area contributed by atoms with Crippen LogP contribution >= 0.6 is 28.3 Å². The smallest absolute Gasteiger partial charge is 0.239 e. The lowest BCUT2D eigenvalue weighted by atomic mass is 9.94. The zero-order chi connectivity index (χ0) is 14.5. The van der Waals surface area contributed by atoms with Crippen LogP contribution in [0.5, 0.6) is 0 Å². The molecular formula is C14H22BrClN2O2. The quantitative estimate of drug-likeness (QED) is 0.813. The molecule has 4 nitrogen and oxygen atoms in total. The fourth-order valence-electron chi connectivity index (χ4n) is 1.84. The number of halogens is 2. The van der Waals surface area contributed by atoms with Crippen LogP contribution in [-0.2, 0) is 16.0 Å². The molecule has 1 aromatic carbocycles. The monoisotopic (exact) mass is 364 g/mol. The van der Waals surface area contributed by atoms with Gasteiger partial charge in [-0.3, -0.25) is 4.79 Å². The molecule has 1 amide bonds. The molecule has 0 radical (unpaired) electrons. The lowest BCUT2D eigenvalue weighted by Crippen LogP contribution is -2.52. The number of methoxy groups -OCH3 is 1. The summed E-state index contributed by atoms with van der Waals surface area (Å²) in [6.07, 6.45) is 0.742. The highest BCUT2D eigenvalue weighted by Crippen LogP contribution is 2.16. The summed E-state index contributed by atoms with van der Waals surface area (Å²) in [6.45, 7) is 4.18. The van der Waals surface area contributed by atoms with Crippen LogP contribution in [-0.4, -0.2) is 31.2 Å². The molecular weight excluding hydrogens is 344 g/mol. The van der Waals surface area contributed by atoms with Crippen molar-refractivity contribution in [2.24, 2.45) is 5.73 Å². The van der Waals surface area contributed by atoms with Gasteiger partial charge < -0.3 is 15.8 Å². The van der Waals surface area contributed by atoms with Gasteiger partial charge in [-0.1, -0.05) is 28.1 Å². The predicted molar refractivity (Wildman–Crippen MR) is 87.2 cm³/mol. The largest absolute Gasteiger partial charge is 0.383 e. The Morgan fingerprint density at radius 1 is 1.40 bits per heavy atom. The van der Waals surface area contributed by atoms with Gasteiger partial charge in [-0.05, 0) is 38.0 Å². The number of hydrogen-bond donors (Lipinski definition) is 2. The summed E-state index contributed by atoms with van der Waals surface area (Å²) in [5, 5.41) is 2.95. The molecule has 0 saturated heterocycles. The first-order valence-electron chi connectivity index (χ1n) is 6.15. The molecule has 0 fully saturated rings. The number of nitrogens with two attached hydrogens (primary N) is 1. The number of amides is 1. The van der Waals surface area contributed by atoms with Gasteiger partial charge in [-0.15, -0.1) is 12.4 Å². The zero-order valence-electron chi connectivity index (χ0n) is 12.0. The highest BCUT2D eigenvalue weighted by Gasteiger charge is 2.24. The van der Waals surface area contributed by atoms with Crippen LogP contribution in [0, 0.1) is 0 Å². The second-order valence-electron chi connectivity index (χ2n) is 5.24. The molecule has 0 spiro atoms. The normalized spacial score (nSPS) is 12.4. The van der Waals surface area contributed by atoms with Crippen molar-refractivity contribution in [2.75, 3.05) is 13.7 Å². The second-order valence-corrected chi connectivity index (χ2v) is 6.15. The molecule has 0 heterocycles. The third kappa shape index (κ3) is 6.70. The number of carbonyl (C=O) groups is 1. The molecule has 1 aromatic rings. The summed E-state index contributed by atoms with van der Waals surface area (Å²) in [4.78, 5) is 11.9. The van der Waals surface area contributed by atoms with Crippen LogP contribution in [0.4, 0.5) is 0 Å². The van der Waals surface area contributed by atoms with Crippen molar-refractivity contribution in [3.63, 3.8) is 0 Å². The van der Waals surface area contributed by atoms with E-state index in [2.05, 4.69) is 21.2 Å². The molecule has 3 N–H and O–H groups in total. The maximum Gasteiger partial charge on any atom is 0.239 e. The number of rotatable bonds is 6. The van der Waals surface area contributed by atoms with E-state index in [1.165, 1.54) is 7.11 Å². The van der Waals surface area contributed by atoms with E-state index < -0.39 is 6.04 Å². The standard InChI is InChI=1S/C14H21BrN2O2.ClH/c1-14(2,17-13(18)12(16)9-19-3)8-10-4-6-11(15)7-5-10;/h4-7,12H,8-9,16H2,1-3H3,(H,17,18);1H. The molecule has 0 aliphatic heterocycles. The third-order valence-corrected chi connectivity index (χ3v) is 3.23. The Morgan fingerprint density at radius 2 is 1.95 bits per heavy atom. The fourth-order valence-corrected chi connectivity index (χ4v) is 2.10.